The Hall–Kier alpha value is -2.70. The van der Waals surface area contributed by atoms with Crippen molar-refractivity contribution in [3.05, 3.63) is 56.6 Å². The first-order valence-electron chi connectivity index (χ1n) is 10.9. The molecule has 0 aliphatic carbocycles. The standard InChI is InChI=1S/C23H32ClN5O3/c1-15(2)19-14-29(11-5-6-21(30)31)22(32)27-23(19,4)18-10-9-17(20(24)12-18)8-7-16(3)13-26-28-25/h9-10,12,14-16H,5-8,11,13H2,1-4H3,(H,27,32)(H,30,31). The molecule has 9 heteroatoms. The maximum atomic E-state index is 12.8. The van der Waals surface area contributed by atoms with Crippen molar-refractivity contribution in [1.82, 2.24) is 10.2 Å². The molecule has 2 unspecified atom stereocenters. The number of carboxylic acids is 1. The summed E-state index contributed by atoms with van der Waals surface area (Å²) < 4.78 is 0. The summed E-state index contributed by atoms with van der Waals surface area (Å²) in [6.07, 6.45) is 3.89. The monoisotopic (exact) mass is 461 g/mol. The highest BCUT2D eigenvalue weighted by Gasteiger charge is 2.39. The van der Waals surface area contributed by atoms with Crippen molar-refractivity contribution < 1.29 is 14.7 Å². The van der Waals surface area contributed by atoms with Gasteiger partial charge in [0.15, 0.2) is 0 Å². The van der Waals surface area contributed by atoms with Crippen LogP contribution in [0.5, 0.6) is 0 Å². The number of aliphatic carboxylic acids is 1. The highest BCUT2D eigenvalue weighted by atomic mass is 35.5. The summed E-state index contributed by atoms with van der Waals surface area (Å²) >= 11 is 6.61. The number of hydrogen-bond acceptors (Lipinski definition) is 3. The summed E-state index contributed by atoms with van der Waals surface area (Å²) in [5.41, 5.74) is 10.7. The van der Waals surface area contributed by atoms with Gasteiger partial charge < -0.3 is 15.3 Å². The van der Waals surface area contributed by atoms with E-state index in [0.29, 0.717) is 24.5 Å². The number of benzene rings is 1. The second-order valence-electron chi connectivity index (χ2n) is 8.85. The van der Waals surface area contributed by atoms with Gasteiger partial charge in [-0.1, -0.05) is 49.6 Å². The van der Waals surface area contributed by atoms with Crippen LogP contribution < -0.4 is 5.32 Å². The highest BCUT2D eigenvalue weighted by Crippen LogP contribution is 2.38. The molecule has 2 atom stereocenters. The van der Waals surface area contributed by atoms with Crippen molar-refractivity contribution in [2.75, 3.05) is 13.1 Å². The van der Waals surface area contributed by atoms with E-state index in [-0.39, 0.29) is 24.3 Å². The molecule has 0 aromatic heterocycles. The second kappa shape index (κ2) is 11.2. The fourth-order valence-electron chi connectivity index (χ4n) is 3.98. The van der Waals surface area contributed by atoms with E-state index in [4.69, 9.17) is 22.2 Å². The molecule has 1 aromatic carbocycles. The van der Waals surface area contributed by atoms with Gasteiger partial charge in [-0.3, -0.25) is 4.79 Å². The van der Waals surface area contributed by atoms with E-state index in [9.17, 15) is 9.59 Å². The number of urea groups is 1. The zero-order chi connectivity index (χ0) is 23.9. The lowest BCUT2D eigenvalue weighted by atomic mass is 9.78. The summed E-state index contributed by atoms with van der Waals surface area (Å²) in [6, 6.07) is 5.64. The van der Waals surface area contributed by atoms with E-state index in [1.54, 1.807) is 4.90 Å². The van der Waals surface area contributed by atoms with Gasteiger partial charge in [0.05, 0.1) is 5.54 Å². The maximum Gasteiger partial charge on any atom is 0.322 e. The molecule has 8 nitrogen and oxygen atoms in total. The molecule has 0 fully saturated rings. The molecular weight excluding hydrogens is 430 g/mol. The molecule has 0 saturated heterocycles. The van der Waals surface area contributed by atoms with Crippen molar-refractivity contribution in [2.24, 2.45) is 17.0 Å². The predicted molar refractivity (Wildman–Crippen MR) is 125 cm³/mol. The number of hydrogen-bond donors (Lipinski definition) is 2. The van der Waals surface area contributed by atoms with Crippen LogP contribution in [-0.2, 0) is 16.8 Å². The number of carboxylic acid groups (broad SMARTS) is 1. The molecule has 0 bridgehead atoms. The smallest absolute Gasteiger partial charge is 0.322 e. The molecule has 0 spiro atoms. The number of amides is 2. The average molecular weight is 462 g/mol. The highest BCUT2D eigenvalue weighted by molar-refractivity contribution is 6.31. The van der Waals surface area contributed by atoms with Crippen LogP contribution in [0.25, 0.3) is 10.4 Å². The number of halogens is 1. The van der Waals surface area contributed by atoms with E-state index in [0.717, 1.165) is 29.5 Å². The van der Waals surface area contributed by atoms with Gasteiger partial charge in [0.2, 0.25) is 0 Å². The van der Waals surface area contributed by atoms with Crippen LogP contribution in [0.2, 0.25) is 5.02 Å². The molecule has 0 radical (unpaired) electrons. The Balaban J connectivity index is 2.24. The van der Waals surface area contributed by atoms with Crippen molar-refractivity contribution in [2.45, 2.75) is 58.9 Å². The maximum absolute atomic E-state index is 12.8. The number of nitrogens with zero attached hydrogens (tertiary/aromatic N) is 4. The summed E-state index contributed by atoms with van der Waals surface area (Å²) in [4.78, 5) is 28.0. The zero-order valence-corrected chi connectivity index (χ0v) is 19.9. The molecule has 2 rings (SSSR count). The Labute approximate surface area is 194 Å². The first kappa shape index (κ1) is 25.6. The fraction of sp³-hybridized carbons (Fsp3) is 0.565. The number of azide groups is 1. The molecule has 174 valence electrons. The first-order chi connectivity index (χ1) is 15.1. The van der Waals surface area contributed by atoms with Crippen LogP contribution in [0.3, 0.4) is 0 Å². The lowest BCUT2D eigenvalue weighted by molar-refractivity contribution is -0.137. The van der Waals surface area contributed by atoms with Crippen molar-refractivity contribution in [3.8, 4) is 0 Å². The summed E-state index contributed by atoms with van der Waals surface area (Å²) in [7, 11) is 0. The Kier molecular flexibility index (Phi) is 8.99. The van der Waals surface area contributed by atoms with Crippen LogP contribution in [0.15, 0.2) is 35.1 Å². The quantitative estimate of drug-likeness (QED) is 0.244. The lowest BCUT2D eigenvalue weighted by Crippen LogP contribution is -2.54. The normalized spacial score (nSPS) is 19.2. The SMILES string of the molecule is CC(CCc1ccc(C2(C)NC(=O)N(CCCC(=O)O)C=C2C(C)C)cc1Cl)CN=[N+]=[N-]. The van der Waals surface area contributed by atoms with E-state index in [1.165, 1.54) is 0 Å². The van der Waals surface area contributed by atoms with Gasteiger partial charge in [-0.25, -0.2) is 4.79 Å². The number of carbonyl (C=O) groups excluding carboxylic acids is 1. The van der Waals surface area contributed by atoms with Crippen LogP contribution in [0.1, 0.15) is 58.1 Å². The predicted octanol–water partition coefficient (Wildman–Crippen LogP) is 5.86. The number of nitrogens with one attached hydrogen (secondary N) is 1. The van der Waals surface area contributed by atoms with E-state index in [1.807, 2.05) is 38.2 Å². The Morgan fingerprint density at radius 3 is 2.69 bits per heavy atom. The van der Waals surface area contributed by atoms with E-state index < -0.39 is 11.5 Å². The van der Waals surface area contributed by atoms with Gasteiger partial charge in [0, 0.05) is 35.6 Å². The van der Waals surface area contributed by atoms with Crippen molar-refractivity contribution in [3.63, 3.8) is 0 Å². The third-order valence-corrected chi connectivity index (χ3v) is 6.25. The topological polar surface area (TPSA) is 118 Å². The summed E-state index contributed by atoms with van der Waals surface area (Å²) in [5, 5.41) is 16.2. The lowest BCUT2D eigenvalue weighted by Gasteiger charge is -2.42. The largest absolute Gasteiger partial charge is 0.481 e. The van der Waals surface area contributed by atoms with Gasteiger partial charge in [-0.2, -0.15) is 0 Å². The van der Waals surface area contributed by atoms with Crippen molar-refractivity contribution in [1.29, 1.82) is 0 Å². The van der Waals surface area contributed by atoms with E-state index >= 15 is 0 Å². The molecular formula is C23H32ClN5O3. The van der Waals surface area contributed by atoms with Gasteiger partial charge in [-0.05, 0) is 66.3 Å². The Bertz CT molecular complexity index is 926. The van der Waals surface area contributed by atoms with E-state index in [2.05, 4.69) is 29.2 Å². The fourth-order valence-corrected chi connectivity index (χ4v) is 4.25. The zero-order valence-electron chi connectivity index (χ0n) is 19.1. The molecule has 32 heavy (non-hydrogen) atoms. The molecule has 1 heterocycles. The minimum absolute atomic E-state index is 0.0183. The number of rotatable bonds is 11. The molecule has 2 N–H and O–H groups in total. The molecule has 2 amide bonds. The van der Waals surface area contributed by atoms with Crippen LogP contribution >= 0.6 is 11.6 Å². The van der Waals surface area contributed by atoms with Crippen molar-refractivity contribution >= 4 is 23.6 Å². The molecule has 1 aliphatic rings. The summed E-state index contributed by atoms with van der Waals surface area (Å²) in [5.74, 6) is -0.454. The third kappa shape index (κ3) is 6.40. The Morgan fingerprint density at radius 2 is 2.09 bits per heavy atom. The number of aryl methyl sites for hydroxylation is 1. The third-order valence-electron chi connectivity index (χ3n) is 5.90. The molecule has 1 aliphatic heterocycles. The average Bonchev–Trinajstić information content (AvgIpc) is 2.72. The van der Waals surface area contributed by atoms with Crippen LogP contribution in [0.4, 0.5) is 4.79 Å². The van der Waals surface area contributed by atoms with Gasteiger partial charge in [0.1, 0.15) is 0 Å². The van der Waals surface area contributed by atoms with Crippen LogP contribution in [-0.4, -0.2) is 35.1 Å². The van der Waals surface area contributed by atoms with Gasteiger partial charge >= 0.3 is 12.0 Å². The molecule has 0 saturated carbocycles. The van der Waals surface area contributed by atoms with Crippen LogP contribution in [0, 0.1) is 11.8 Å². The Morgan fingerprint density at radius 1 is 1.38 bits per heavy atom. The summed E-state index contributed by atoms with van der Waals surface area (Å²) in [6.45, 7) is 8.95. The van der Waals surface area contributed by atoms with Gasteiger partial charge in [-0.15, -0.1) is 0 Å². The second-order valence-corrected chi connectivity index (χ2v) is 9.26. The molecule has 1 aromatic rings. The first-order valence-corrected chi connectivity index (χ1v) is 11.3. The van der Waals surface area contributed by atoms with Gasteiger partial charge in [0.25, 0.3) is 0 Å². The number of carbonyl (C=O) groups is 2. The minimum atomic E-state index is -0.873. The minimum Gasteiger partial charge on any atom is -0.481 e.